The topological polar surface area (TPSA) is 103 Å². The minimum atomic E-state index is -0.610. The minimum absolute atomic E-state index is 0.298. The van der Waals surface area contributed by atoms with Crippen LogP contribution in [0, 0.1) is 0 Å². The zero-order valence-electron chi connectivity index (χ0n) is 15.8. The molecule has 1 aliphatic rings. The maximum Gasteiger partial charge on any atom is 0.267 e. The summed E-state index contributed by atoms with van der Waals surface area (Å²) in [5.74, 6) is 0.0883. The average Bonchev–Trinajstić information content (AvgIpc) is 3.19. The molecule has 0 unspecified atom stereocenters. The smallest absolute Gasteiger partial charge is 0.267 e. The van der Waals surface area contributed by atoms with E-state index in [1.165, 1.54) is 17.6 Å². The van der Waals surface area contributed by atoms with E-state index in [1.807, 2.05) is 18.2 Å². The zero-order chi connectivity index (χ0) is 20.1. The predicted molar refractivity (Wildman–Crippen MR) is 110 cm³/mol. The summed E-state index contributed by atoms with van der Waals surface area (Å²) >= 11 is 0. The van der Waals surface area contributed by atoms with E-state index in [1.54, 1.807) is 12.4 Å². The Kier molecular flexibility index (Phi) is 5.73. The Labute approximate surface area is 168 Å². The van der Waals surface area contributed by atoms with Crippen molar-refractivity contribution in [3.63, 3.8) is 0 Å². The highest BCUT2D eigenvalue weighted by atomic mass is 16.5. The van der Waals surface area contributed by atoms with Gasteiger partial charge in [-0.25, -0.2) is 10.5 Å². The van der Waals surface area contributed by atoms with Gasteiger partial charge in [0.05, 0.1) is 29.3 Å². The number of amides is 1. The molecule has 0 saturated carbocycles. The molecule has 1 fully saturated rings. The molecule has 1 aliphatic heterocycles. The third kappa shape index (κ3) is 4.92. The molecule has 3 heterocycles. The summed E-state index contributed by atoms with van der Waals surface area (Å²) in [6.07, 6.45) is 6.91. The van der Waals surface area contributed by atoms with Crippen LogP contribution in [0.4, 0.5) is 5.82 Å². The zero-order valence-corrected chi connectivity index (χ0v) is 15.8. The number of anilines is 1. The predicted octanol–water partition coefficient (Wildman–Crippen LogP) is 2.23. The normalized spacial score (nSPS) is 17.1. The number of hydrogen-bond acceptors (Lipinski definition) is 7. The van der Waals surface area contributed by atoms with Crippen LogP contribution in [0.25, 0.3) is 17.0 Å². The Hall–Kier alpha value is -3.36. The number of hydroxylamine groups is 1. The molecular weight excluding hydrogens is 368 g/mol. The van der Waals surface area contributed by atoms with Crippen molar-refractivity contribution >= 4 is 28.7 Å². The second-order valence-electron chi connectivity index (χ2n) is 7.00. The van der Waals surface area contributed by atoms with E-state index < -0.39 is 5.91 Å². The van der Waals surface area contributed by atoms with Crippen LogP contribution >= 0.6 is 0 Å². The van der Waals surface area contributed by atoms with Crippen molar-refractivity contribution < 1.29 is 10.0 Å². The van der Waals surface area contributed by atoms with Gasteiger partial charge in [-0.3, -0.25) is 24.9 Å². The Morgan fingerprint density at radius 2 is 2.10 bits per heavy atom. The highest BCUT2D eigenvalue weighted by Crippen LogP contribution is 2.18. The first kappa shape index (κ1) is 19.0. The number of nitrogens with zero attached hydrogens (tertiary/aromatic N) is 4. The molecule has 0 radical (unpaired) electrons. The van der Waals surface area contributed by atoms with E-state index in [0.29, 0.717) is 17.6 Å². The number of carbonyl (C=O) groups excluding carboxylic acids is 1. The molecule has 8 nitrogen and oxygen atoms in total. The van der Waals surface area contributed by atoms with Crippen molar-refractivity contribution in [3.8, 4) is 0 Å². The van der Waals surface area contributed by atoms with Crippen LogP contribution in [-0.4, -0.2) is 50.1 Å². The van der Waals surface area contributed by atoms with Crippen molar-refractivity contribution in [3.05, 3.63) is 66.3 Å². The Morgan fingerprint density at radius 1 is 1.21 bits per heavy atom. The molecule has 1 aromatic carbocycles. The van der Waals surface area contributed by atoms with Crippen LogP contribution in [0.5, 0.6) is 0 Å². The highest BCUT2D eigenvalue weighted by Gasteiger charge is 2.23. The Balaban J connectivity index is 1.31. The van der Waals surface area contributed by atoms with Gasteiger partial charge in [0.2, 0.25) is 0 Å². The quantitative estimate of drug-likeness (QED) is 0.337. The van der Waals surface area contributed by atoms with E-state index >= 15 is 0 Å². The fourth-order valence-electron chi connectivity index (χ4n) is 3.43. The van der Waals surface area contributed by atoms with Gasteiger partial charge < -0.3 is 5.32 Å². The van der Waals surface area contributed by atoms with Crippen LogP contribution < -0.4 is 10.8 Å². The Bertz CT molecular complexity index is 1020. The number of rotatable bonds is 6. The molecule has 0 bridgehead atoms. The summed E-state index contributed by atoms with van der Waals surface area (Å²) < 4.78 is 0. The number of aromatic nitrogens is 3. The number of benzene rings is 1. The number of nitrogens with one attached hydrogen (secondary N) is 2. The number of fused-ring (bicyclic) bond motifs is 1. The third-order valence-corrected chi connectivity index (χ3v) is 4.85. The molecule has 0 spiro atoms. The number of hydrogen-bond donors (Lipinski definition) is 3. The Morgan fingerprint density at radius 3 is 2.93 bits per heavy atom. The van der Waals surface area contributed by atoms with Gasteiger partial charge in [-0.1, -0.05) is 24.3 Å². The monoisotopic (exact) mass is 390 g/mol. The van der Waals surface area contributed by atoms with Gasteiger partial charge >= 0.3 is 0 Å². The molecule has 1 amide bonds. The molecular formula is C21H22N6O2. The van der Waals surface area contributed by atoms with Crippen LogP contribution in [0.15, 0.2) is 54.9 Å². The van der Waals surface area contributed by atoms with Crippen molar-refractivity contribution in [2.75, 3.05) is 18.4 Å². The number of likely N-dealkylation sites (tertiary alicyclic amines) is 1. The lowest BCUT2D eigenvalue weighted by Crippen LogP contribution is -2.26. The molecule has 3 aromatic rings. The minimum Gasteiger partial charge on any atom is -0.365 e. The molecule has 1 saturated heterocycles. The van der Waals surface area contributed by atoms with E-state index in [4.69, 9.17) is 10.2 Å². The van der Waals surface area contributed by atoms with Crippen molar-refractivity contribution in [1.29, 1.82) is 0 Å². The standard InChI is InChI=1S/C21H22N6O2/c28-21(26-29)8-7-16-11-23-20(12-22-16)25-18-9-10-27(14-18)13-17-6-5-15-3-1-2-4-19(15)24-17/h1-8,11-12,18,29H,9-10,13-14H2,(H,23,25)(H,26,28)/t18-/m1/s1. The van der Waals surface area contributed by atoms with Crippen LogP contribution in [0.3, 0.4) is 0 Å². The largest absolute Gasteiger partial charge is 0.365 e. The van der Waals surface area contributed by atoms with Crippen LogP contribution in [-0.2, 0) is 11.3 Å². The van der Waals surface area contributed by atoms with E-state index in [2.05, 4.69) is 38.4 Å². The van der Waals surface area contributed by atoms with E-state index in [9.17, 15) is 4.79 Å². The average molecular weight is 390 g/mol. The molecule has 3 N–H and O–H groups in total. The van der Waals surface area contributed by atoms with Crippen molar-refractivity contribution in [2.24, 2.45) is 0 Å². The van der Waals surface area contributed by atoms with Gasteiger partial charge in [-0.15, -0.1) is 0 Å². The van der Waals surface area contributed by atoms with E-state index in [-0.39, 0.29) is 0 Å². The fraction of sp³-hybridized carbons (Fsp3) is 0.238. The lowest BCUT2D eigenvalue weighted by atomic mass is 10.2. The first-order valence-corrected chi connectivity index (χ1v) is 9.47. The first-order chi connectivity index (χ1) is 14.2. The maximum absolute atomic E-state index is 11.0. The second kappa shape index (κ2) is 8.76. The number of para-hydroxylation sites is 1. The summed E-state index contributed by atoms with van der Waals surface area (Å²) in [5.41, 5.74) is 4.17. The van der Waals surface area contributed by atoms with Crippen molar-refractivity contribution in [2.45, 2.75) is 19.0 Å². The van der Waals surface area contributed by atoms with Gasteiger partial charge in [-0.2, -0.15) is 0 Å². The van der Waals surface area contributed by atoms with Crippen LogP contribution in [0.1, 0.15) is 17.8 Å². The SMILES string of the molecule is O=C(C=Cc1cnc(N[C@@H]2CCN(Cc3ccc4ccccc4n3)C2)cn1)NO. The summed E-state index contributed by atoms with van der Waals surface area (Å²) in [7, 11) is 0. The summed E-state index contributed by atoms with van der Waals surface area (Å²) in [6, 6.07) is 12.7. The molecule has 8 heteroatoms. The molecule has 1 atom stereocenters. The fourth-order valence-corrected chi connectivity index (χ4v) is 3.43. The van der Waals surface area contributed by atoms with E-state index in [0.717, 1.165) is 42.7 Å². The molecule has 0 aliphatic carbocycles. The van der Waals surface area contributed by atoms with Gasteiger partial charge in [0.1, 0.15) is 5.82 Å². The number of carbonyl (C=O) groups is 1. The molecule has 148 valence electrons. The summed E-state index contributed by atoms with van der Waals surface area (Å²) in [4.78, 5) is 26.7. The van der Waals surface area contributed by atoms with Gasteiger partial charge in [0.15, 0.2) is 0 Å². The maximum atomic E-state index is 11.0. The highest BCUT2D eigenvalue weighted by molar-refractivity contribution is 5.90. The molecule has 2 aromatic heterocycles. The lowest BCUT2D eigenvalue weighted by Gasteiger charge is -2.17. The summed E-state index contributed by atoms with van der Waals surface area (Å²) in [6.45, 7) is 2.73. The summed E-state index contributed by atoms with van der Waals surface area (Å²) in [5, 5.41) is 13.0. The molecule has 29 heavy (non-hydrogen) atoms. The van der Waals surface area contributed by atoms with Gasteiger partial charge in [0, 0.05) is 37.1 Å². The van der Waals surface area contributed by atoms with Gasteiger partial charge in [0.25, 0.3) is 5.91 Å². The number of pyridine rings is 1. The molecule has 4 rings (SSSR count). The van der Waals surface area contributed by atoms with Gasteiger partial charge in [-0.05, 0) is 24.6 Å². The first-order valence-electron chi connectivity index (χ1n) is 9.47. The van der Waals surface area contributed by atoms with Crippen LogP contribution in [0.2, 0.25) is 0 Å². The second-order valence-corrected chi connectivity index (χ2v) is 7.00. The van der Waals surface area contributed by atoms with Crippen molar-refractivity contribution in [1.82, 2.24) is 25.3 Å². The lowest BCUT2D eigenvalue weighted by molar-refractivity contribution is -0.124. The third-order valence-electron chi connectivity index (χ3n) is 4.85.